The molecule has 2 amide bonds. The highest BCUT2D eigenvalue weighted by molar-refractivity contribution is 5.82. The van der Waals surface area contributed by atoms with Gasteiger partial charge in [0.15, 0.2) is 0 Å². The van der Waals surface area contributed by atoms with Crippen molar-refractivity contribution in [1.82, 2.24) is 15.5 Å². The van der Waals surface area contributed by atoms with Gasteiger partial charge in [0.1, 0.15) is 0 Å². The molecule has 2 rings (SSSR count). The van der Waals surface area contributed by atoms with E-state index in [9.17, 15) is 9.59 Å². The number of piperidine rings is 2. The summed E-state index contributed by atoms with van der Waals surface area (Å²) in [4.78, 5) is 26.6. The molecule has 5 heteroatoms. The van der Waals surface area contributed by atoms with E-state index >= 15 is 0 Å². The quantitative estimate of drug-likeness (QED) is 0.748. The van der Waals surface area contributed by atoms with Gasteiger partial charge in [0.2, 0.25) is 11.8 Å². The second-order valence-corrected chi connectivity index (χ2v) is 6.31. The molecule has 5 nitrogen and oxygen atoms in total. The summed E-state index contributed by atoms with van der Waals surface area (Å²) in [5.74, 6) is 0.465. The molecule has 0 aliphatic carbocycles. The van der Waals surface area contributed by atoms with Gasteiger partial charge >= 0.3 is 0 Å². The number of unbranched alkanes of at least 4 members (excludes halogenated alkanes) is 1. The van der Waals surface area contributed by atoms with Crippen molar-refractivity contribution in [1.29, 1.82) is 0 Å². The number of carbonyl (C=O) groups is 2. The Hall–Kier alpha value is -1.10. The molecule has 2 N–H and O–H groups in total. The highest BCUT2D eigenvalue weighted by atomic mass is 16.2. The van der Waals surface area contributed by atoms with Crippen LogP contribution in [0.5, 0.6) is 0 Å². The molecule has 0 radical (unpaired) electrons. The number of carbonyl (C=O) groups excluding carboxylic acids is 2. The van der Waals surface area contributed by atoms with Crippen LogP contribution in [0.2, 0.25) is 0 Å². The normalized spacial score (nSPS) is 26.4. The molecule has 0 aromatic rings. The zero-order chi connectivity index (χ0) is 15.1. The van der Waals surface area contributed by atoms with Gasteiger partial charge in [0.05, 0.1) is 11.8 Å². The molecule has 0 aromatic heterocycles. The Morgan fingerprint density at radius 2 is 2.05 bits per heavy atom. The molecule has 0 saturated carbocycles. The Morgan fingerprint density at radius 1 is 1.24 bits per heavy atom. The standard InChI is InChI=1S/C16H29N3O2/c1-2-3-9-18-15(20)14-7-5-10-19(12-14)16(21)13-6-4-8-17-11-13/h13-14,17H,2-12H2,1H3,(H,18,20). The molecule has 2 fully saturated rings. The molecule has 2 heterocycles. The molecule has 0 bridgehead atoms. The Labute approximate surface area is 127 Å². The maximum Gasteiger partial charge on any atom is 0.226 e. The van der Waals surface area contributed by atoms with Crippen LogP contribution in [0.15, 0.2) is 0 Å². The summed E-state index contributed by atoms with van der Waals surface area (Å²) in [6.07, 6.45) is 6.02. The summed E-state index contributed by atoms with van der Waals surface area (Å²) in [6, 6.07) is 0. The summed E-state index contributed by atoms with van der Waals surface area (Å²) >= 11 is 0. The van der Waals surface area contributed by atoms with Gasteiger partial charge in [-0.1, -0.05) is 13.3 Å². The average Bonchev–Trinajstić information content (AvgIpc) is 2.55. The highest BCUT2D eigenvalue weighted by Gasteiger charge is 2.32. The molecule has 21 heavy (non-hydrogen) atoms. The maximum atomic E-state index is 12.5. The van der Waals surface area contributed by atoms with Crippen molar-refractivity contribution < 1.29 is 9.59 Å². The van der Waals surface area contributed by atoms with Crippen LogP contribution in [0.4, 0.5) is 0 Å². The van der Waals surface area contributed by atoms with Crippen LogP contribution in [0.3, 0.4) is 0 Å². The minimum absolute atomic E-state index is 0.0175. The van der Waals surface area contributed by atoms with Crippen molar-refractivity contribution in [2.75, 3.05) is 32.7 Å². The van der Waals surface area contributed by atoms with E-state index in [1.807, 2.05) is 4.90 Å². The fraction of sp³-hybridized carbons (Fsp3) is 0.875. The van der Waals surface area contributed by atoms with Crippen molar-refractivity contribution in [2.45, 2.75) is 45.4 Å². The van der Waals surface area contributed by atoms with E-state index in [1.54, 1.807) is 0 Å². The smallest absolute Gasteiger partial charge is 0.226 e. The fourth-order valence-electron chi connectivity index (χ4n) is 3.24. The van der Waals surface area contributed by atoms with Crippen LogP contribution in [-0.2, 0) is 9.59 Å². The van der Waals surface area contributed by atoms with E-state index < -0.39 is 0 Å². The Balaban J connectivity index is 1.81. The van der Waals surface area contributed by atoms with Crippen LogP contribution in [0, 0.1) is 11.8 Å². The lowest BCUT2D eigenvalue weighted by Gasteiger charge is -2.35. The maximum absolute atomic E-state index is 12.5. The largest absolute Gasteiger partial charge is 0.356 e. The lowest BCUT2D eigenvalue weighted by atomic mass is 9.93. The van der Waals surface area contributed by atoms with Crippen molar-refractivity contribution in [3.8, 4) is 0 Å². The minimum atomic E-state index is -0.0175. The number of likely N-dealkylation sites (tertiary alicyclic amines) is 1. The van der Waals surface area contributed by atoms with Crippen molar-refractivity contribution in [3.63, 3.8) is 0 Å². The van der Waals surface area contributed by atoms with E-state index in [2.05, 4.69) is 17.6 Å². The zero-order valence-corrected chi connectivity index (χ0v) is 13.2. The van der Waals surface area contributed by atoms with Crippen LogP contribution in [-0.4, -0.2) is 49.4 Å². The molecular weight excluding hydrogens is 266 g/mol. The van der Waals surface area contributed by atoms with Crippen LogP contribution in [0.1, 0.15) is 45.4 Å². The van der Waals surface area contributed by atoms with Gasteiger partial charge in [0.25, 0.3) is 0 Å². The molecule has 2 atom stereocenters. The zero-order valence-electron chi connectivity index (χ0n) is 13.2. The number of rotatable bonds is 5. The van der Waals surface area contributed by atoms with Crippen LogP contribution in [0.25, 0.3) is 0 Å². The van der Waals surface area contributed by atoms with Gasteiger partial charge in [-0.3, -0.25) is 9.59 Å². The molecule has 120 valence electrons. The summed E-state index contributed by atoms with van der Waals surface area (Å²) in [6.45, 7) is 6.11. The molecule has 2 aliphatic heterocycles. The predicted octanol–water partition coefficient (Wildman–Crippen LogP) is 1.14. The van der Waals surface area contributed by atoms with E-state index in [-0.39, 0.29) is 23.7 Å². The fourth-order valence-corrected chi connectivity index (χ4v) is 3.24. The van der Waals surface area contributed by atoms with Gasteiger partial charge in [-0.05, 0) is 38.6 Å². The number of nitrogens with zero attached hydrogens (tertiary/aromatic N) is 1. The molecule has 0 aromatic carbocycles. The van der Waals surface area contributed by atoms with Crippen molar-refractivity contribution >= 4 is 11.8 Å². The lowest BCUT2D eigenvalue weighted by Crippen LogP contribution is -2.49. The van der Waals surface area contributed by atoms with Crippen LogP contribution >= 0.6 is 0 Å². The third-order valence-corrected chi connectivity index (χ3v) is 4.58. The monoisotopic (exact) mass is 295 g/mol. The van der Waals surface area contributed by atoms with Crippen molar-refractivity contribution in [2.24, 2.45) is 11.8 Å². The van der Waals surface area contributed by atoms with Gasteiger partial charge in [-0.25, -0.2) is 0 Å². The summed E-state index contributed by atoms with van der Waals surface area (Å²) in [5.41, 5.74) is 0. The highest BCUT2D eigenvalue weighted by Crippen LogP contribution is 2.21. The number of hydrogen-bond donors (Lipinski definition) is 2. The molecular formula is C16H29N3O2. The predicted molar refractivity (Wildman–Crippen MR) is 82.8 cm³/mol. The number of hydrogen-bond acceptors (Lipinski definition) is 3. The molecule has 2 saturated heterocycles. The van der Waals surface area contributed by atoms with E-state index in [0.717, 1.165) is 64.7 Å². The number of nitrogens with one attached hydrogen (secondary N) is 2. The van der Waals surface area contributed by atoms with E-state index in [4.69, 9.17) is 0 Å². The topological polar surface area (TPSA) is 61.4 Å². The van der Waals surface area contributed by atoms with Crippen LogP contribution < -0.4 is 10.6 Å². The second-order valence-electron chi connectivity index (χ2n) is 6.31. The third-order valence-electron chi connectivity index (χ3n) is 4.58. The SMILES string of the molecule is CCCCNC(=O)C1CCCN(C(=O)C2CCCNC2)C1. The van der Waals surface area contributed by atoms with Gasteiger partial charge in [0, 0.05) is 26.2 Å². The first-order valence-corrected chi connectivity index (χ1v) is 8.49. The first kappa shape index (κ1) is 16.3. The van der Waals surface area contributed by atoms with E-state index in [0.29, 0.717) is 6.54 Å². The molecule has 2 unspecified atom stereocenters. The Kier molecular flexibility index (Phi) is 6.49. The number of amides is 2. The summed E-state index contributed by atoms with van der Waals surface area (Å²) < 4.78 is 0. The first-order valence-electron chi connectivity index (χ1n) is 8.49. The summed E-state index contributed by atoms with van der Waals surface area (Å²) in [5, 5.41) is 6.30. The molecule has 2 aliphatic rings. The van der Waals surface area contributed by atoms with Gasteiger partial charge < -0.3 is 15.5 Å². The summed E-state index contributed by atoms with van der Waals surface area (Å²) in [7, 11) is 0. The average molecular weight is 295 g/mol. The van der Waals surface area contributed by atoms with Crippen molar-refractivity contribution in [3.05, 3.63) is 0 Å². The minimum Gasteiger partial charge on any atom is -0.356 e. The Morgan fingerprint density at radius 3 is 2.76 bits per heavy atom. The molecule has 0 spiro atoms. The van der Waals surface area contributed by atoms with E-state index in [1.165, 1.54) is 0 Å². The Bertz CT molecular complexity index is 353. The van der Waals surface area contributed by atoms with Gasteiger partial charge in [-0.2, -0.15) is 0 Å². The first-order chi connectivity index (χ1) is 10.2. The third kappa shape index (κ3) is 4.70. The second kappa shape index (κ2) is 8.37. The lowest BCUT2D eigenvalue weighted by molar-refractivity contribution is -0.139. The van der Waals surface area contributed by atoms with Gasteiger partial charge in [-0.15, -0.1) is 0 Å².